The fraction of sp³-hybridized carbons (Fsp3) is 0.462. The maximum absolute atomic E-state index is 11.8. The van der Waals surface area contributed by atoms with E-state index in [2.05, 4.69) is 5.32 Å². The summed E-state index contributed by atoms with van der Waals surface area (Å²) in [5.41, 5.74) is 0.123. The Morgan fingerprint density at radius 1 is 1.25 bits per heavy atom. The molecule has 6 nitrogen and oxygen atoms in total. The van der Waals surface area contributed by atoms with Gasteiger partial charge in [0.1, 0.15) is 5.60 Å². The molecule has 1 aromatic rings. The predicted octanol–water partition coefficient (Wildman–Crippen LogP) is 2.43. The lowest BCUT2D eigenvalue weighted by Gasteiger charge is -2.23. The fourth-order valence-electron chi connectivity index (χ4n) is 1.45. The van der Waals surface area contributed by atoms with Crippen LogP contribution in [0.3, 0.4) is 0 Å². The molecule has 0 spiro atoms. The zero-order valence-corrected chi connectivity index (χ0v) is 13.1. The zero-order valence-electron chi connectivity index (χ0n) is 12.3. The van der Waals surface area contributed by atoms with E-state index in [0.29, 0.717) is 11.4 Å². The number of rotatable bonds is 3. The molecule has 0 aromatic heterocycles. The lowest BCUT2D eigenvalue weighted by atomic mass is 10.2. The lowest BCUT2D eigenvalue weighted by Crippen LogP contribution is -2.29. The van der Waals surface area contributed by atoms with Gasteiger partial charge < -0.3 is 4.74 Å². The van der Waals surface area contributed by atoms with E-state index >= 15 is 0 Å². The maximum atomic E-state index is 11.8. The van der Waals surface area contributed by atoms with Gasteiger partial charge in [0.25, 0.3) is 0 Å². The molecule has 1 N–H and O–H groups in total. The van der Waals surface area contributed by atoms with Crippen molar-refractivity contribution in [2.45, 2.75) is 26.4 Å². The average Bonchev–Trinajstić information content (AvgIpc) is 2.24. The minimum Gasteiger partial charge on any atom is -0.444 e. The Morgan fingerprint density at radius 3 is 2.30 bits per heavy atom. The summed E-state index contributed by atoms with van der Waals surface area (Å²) in [6, 6.07) is 6.61. The van der Waals surface area contributed by atoms with E-state index in [0.717, 1.165) is 10.6 Å². The number of anilines is 2. The van der Waals surface area contributed by atoms with Gasteiger partial charge in [-0.1, -0.05) is 12.1 Å². The molecule has 0 saturated heterocycles. The predicted molar refractivity (Wildman–Crippen MR) is 79.5 cm³/mol. The number of amides is 1. The SMILES string of the molecule is CN(c1ccccc1NC(=O)OC(C)(C)C)S(C)(=O)=O. The molecule has 1 rings (SSSR count). The molecule has 0 atom stereocenters. The fourth-order valence-corrected chi connectivity index (χ4v) is 1.96. The molecule has 1 aromatic carbocycles. The molecule has 20 heavy (non-hydrogen) atoms. The van der Waals surface area contributed by atoms with Crippen LogP contribution in [0, 0.1) is 0 Å². The second-order valence-electron chi connectivity index (χ2n) is 5.37. The third-order valence-electron chi connectivity index (χ3n) is 2.38. The summed E-state index contributed by atoms with van der Waals surface area (Å²) in [4.78, 5) is 11.8. The first-order valence-electron chi connectivity index (χ1n) is 6.03. The van der Waals surface area contributed by atoms with Crippen molar-refractivity contribution in [2.75, 3.05) is 22.9 Å². The monoisotopic (exact) mass is 300 g/mol. The maximum Gasteiger partial charge on any atom is 0.412 e. The van der Waals surface area contributed by atoms with E-state index in [-0.39, 0.29) is 0 Å². The molecule has 0 heterocycles. The van der Waals surface area contributed by atoms with Crippen LogP contribution in [-0.2, 0) is 14.8 Å². The van der Waals surface area contributed by atoms with E-state index < -0.39 is 21.7 Å². The standard InChI is InChI=1S/C13H20N2O4S/c1-13(2,3)19-12(16)14-10-8-6-7-9-11(10)15(4)20(5,17)18/h6-9H,1-5H3,(H,14,16). The van der Waals surface area contributed by atoms with Crippen molar-refractivity contribution in [1.82, 2.24) is 0 Å². The molecule has 112 valence electrons. The highest BCUT2D eigenvalue weighted by Crippen LogP contribution is 2.26. The van der Waals surface area contributed by atoms with Gasteiger partial charge in [-0.3, -0.25) is 9.62 Å². The molecule has 1 amide bonds. The largest absolute Gasteiger partial charge is 0.444 e. The zero-order chi connectivity index (χ0) is 15.6. The molecular weight excluding hydrogens is 280 g/mol. The Hall–Kier alpha value is -1.76. The van der Waals surface area contributed by atoms with Crippen LogP contribution in [0.2, 0.25) is 0 Å². The Morgan fingerprint density at radius 2 is 1.80 bits per heavy atom. The summed E-state index contributed by atoms with van der Waals surface area (Å²) in [6.45, 7) is 5.25. The van der Waals surface area contributed by atoms with Crippen LogP contribution in [-0.4, -0.2) is 33.4 Å². The van der Waals surface area contributed by atoms with E-state index in [1.165, 1.54) is 7.05 Å². The van der Waals surface area contributed by atoms with Gasteiger partial charge in [-0.15, -0.1) is 0 Å². The van der Waals surface area contributed by atoms with Crippen molar-refractivity contribution in [3.63, 3.8) is 0 Å². The third kappa shape index (κ3) is 4.73. The number of nitrogens with zero attached hydrogens (tertiary/aromatic N) is 1. The summed E-state index contributed by atoms with van der Waals surface area (Å²) in [5.74, 6) is 0. The Bertz CT molecular complexity index is 591. The van der Waals surface area contributed by atoms with Crippen molar-refractivity contribution in [1.29, 1.82) is 0 Å². The third-order valence-corrected chi connectivity index (χ3v) is 3.57. The van der Waals surface area contributed by atoms with Crippen LogP contribution < -0.4 is 9.62 Å². The number of carbonyl (C=O) groups excluding carboxylic acids is 1. The van der Waals surface area contributed by atoms with E-state index in [4.69, 9.17) is 4.74 Å². The van der Waals surface area contributed by atoms with Crippen LogP contribution in [0.4, 0.5) is 16.2 Å². The number of ether oxygens (including phenoxy) is 1. The molecule has 0 fully saturated rings. The van der Waals surface area contributed by atoms with Gasteiger partial charge in [0.05, 0.1) is 17.6 Å². The van der Waals surface area contributed by atoms with Gasteiger partial charge in [-0.2, -0.15) is 0 Å². The van der Waals surface area contributed by atoms with Crippen molar-refractivity contribution in [3.8, 4) is 0 Å². The lowest BCUT2D eigenvalue weighted by molar-refractivity contribution is 0.0636. The van der Waals surface area contributed by atoms with Crippen molar-refractivity contribution in [3.05, 3.63) is 24.3 Å². The van der Waals surface area contributed by atoms with E-state index in [9.17, 15) is 13.2 Å². The molecule has 0 aliphatic carbocycles. The van der Waals surface area contributed by atoms with Crippen LogP contribution in [0.5, 0.6) is 0 Å². The number of hydrogen-bond acceptors (Lipinski definition) is 4. The second-order valence-corrected chi connectivity index (χ2v) is 7.39. The first kappa shape index (κ1) is 16.3. The number of hydrogen-bond donors (Lipinski definition) is 1. The topological polar surface area (TPSA) is 75.7 Å². The first-order chi connectivity index (χ1) is 9.00. The normalized spacial score (nSPS) is 11.8. The number of carbonyl (C=O) groups is 1. The highest BCUT2D eigenvalue weighted by Gasteiger charge is 2.20. The Kier molecular flexibility index (Phi) is 4.65. The number of sulfonamides is 1. The number of benzene rings is 1. The van der Waals surface area contributed by atoms with Gasteiger partial charge in [-0.05, 0) is 32.9 Å². The first-order valence-corrected chi connectivity index (χ1v) is 7.88. The van der Waals surface area contributed by atoms with Gasteiger partial charge in [0.15, 0.2) is 0 Å². The smallest absolute Gasteiger partial charge is 0.412 e. The highest BCUT2D eigenvalue weighted by molar-refractivity contribution is 7.92. The van der Waals surface area contributed by atoms with E-state index in [1.54, 1.807) is 45.0 Å². The average molecular weight is 300 g/mol. The van der Waals surface area contributed by atoms with Gasteiger partial charge in [-0.25, -0.2) is 13.2 Å². The highest BCUT2D eigenvalue weighted by atomic mass is 32.2. The van der Waals surface area contributed by atoms with Gasteiger partial charge in [0.2, 0.25) is 10.0 Å². The Balaban J connectivity index is 3.00. The summed E-state index contributed by atoms with van der Waals surface area (Å²) >= 11 is 0. The Labute approximate surface area is 119 Å². The molecule has 0 aliphatic heterocycles. The second kappa shape index (κ2) is 5.70. The minimum absolute atomic E-state index is 0.370. The number of nitrogens with one attached hydrogen (secondary N) is 1. The summed E-state index contributed by atoms with van der Waals surface area (Å²) in [6.07, 6.45) is 0.462. The minimum atomic E-state index is -3.41. The van der Waals surface area contributed by atoms with E-state index in [1.807, 2.05) is 0 Å². The van der Waals surface area contributed by atoms with Crippen molar-refractivity contribution in [2.24, 2.45) is 0 Å². The summed E-state index contributed by atoms with van der Waals surface area (Å²) in [7, 11) is -1.99. The summed E-state index contributed by atoms with van der Waals surface area (Å²) in [5, 5.41) is 2.55. The van der Waals surface area contributed by atoms with Crippen LogP contribution in [0.1, 0.15) is 20.8 Å². The quantitative estimate of drug-likeness (QED) is 0.930. The number of para-hydroxylation sites is 2. The van der Waals surface area contributed by atoms with Crippen LogP contribution in [0.25, 0.3) is 0 Å². The molecule has 0 aliphatic rings. The molecular formula is C13H20N2O4S. The molecule has 7 heteroatoms. The molecule has 0 unspecified atom stereocenters. The summed E-state index contributed by atoms with van der Waals surface area (Å²) < 4.78 is 29.4. The molecule has 0 saturated carbocycles. The van der Waals surface area contributed by atoms with Gasteiger partial charge in [0, 0.05) is 7.05 Å². The van der Waals surface area contributed by atoms with Gasteiger partial charge >= 0.3 is 6.09 Å². The van der Waals surface area contributed by atoms with Crippen molar-refractivity contribution < 1.29 is 17.9 Å². The molecule has 0 bridgehead atoms. The van der Waals surface area contributed by atoms with Crippen LogP contribution in [0.15, 0.2) is 24.3 Å². The molecule has 0 radical (unpaired) electrons. The van der Waals surface area contributed by atoms with Crippen molar-refractivity contribution >= 4 is 27.5 Å². The van der Waals surface area contributed by atoms with Crippen LogP contribution >= 0.6 is 0 Å².